The minimum absolute atomic E-state index is 0.657. The van der Waals surface area contributed by atoms with Crippen LogP contribution in [0.3, 0.4) is 0 Å². The van der Waals surface area contributed by atoms with E-state index in [0.29, 0.717) is 5.49 Å². The van der Waals surface area contributed by atoms with Crippen LogP contribution in [0.15, 0.2) is 18.2 Å². The number of aryl methyl sites for hydroxylation is 2. The molecule has 0 amide bonds. The van der Waals surface area contributed by atoms with E-state index in [4.69, 9.17) is 5.41 Å². The third kappa shape index (κ3) is 1.51. The number of benzene rings is 1. The third-order valence-corrected chi connectivity index (χ3v) is 3.93. The Hall–Kier alpha value is -1.57. The van der Waals surface area contributed by atoms with Crippen molar-refractivity contribution < 1.29 is 0 Å². The highest BCUT2D eigenvalue weighted by molar-refractivity contribution is 5.86. The van der Waals surface area contributed by atoms with E-state index in [1.807, 2.05) is 7.05 Å². The molecule has 0 saturated carbocycles. The lowest BCUT2D eigenvalue weighted by atomic mass is 9.91. The number of pyridine rings is 1. The molecule has 0 bridgehead atoms. The van der Waals surface area contributed by atoms with Crippen molar-refractivity contribution in [2.24, 2.45) is 7.05 Å². The zero-order valence-electron chi connectivity index (χ0n) is 10.5. The van der Waals surface area contributed by atoms with Crippen LogP contribution in [-0.4, -0.2) is 4.57 Å². The molecule has 1 aliphatic carbocycles. The molecule has 88 valence electrons. The van der Waals surface area contributed by atoms with Gasteiger partial charge in [-0.2, -0.15) is 0 Å². The fraction of sp³-hybridized carbons (Fsp3) is 0.400. The van der Waals surface area contributed by atoms with Gasteiger partial charge in [0.25, 0.3) is 0 Å². The summed E-state index contributed by atoms with van der Waals surface area (Å²) in [6.45, 7) is 2.10. The molecular formula is C15H18N2. The standard InChI is InChI=1S/C15H18N2/c1-10-7-8-11-12-5-3-4-6-14(12)17(2)15(16)13(11)9-10/h7-9,16H,3-6H2,1-2H3. The van der Waals surface area contributed by atoms with Crippen molar-refractivity contribution in [1.29, 1.82) is 5.41 Å². The predicted octanol–water partition coefficient (Wildman–Crippen LogP) is 2.84. The molecule has 1 aromatic carbocycles. The topological polar surface area (TPSA) is 28.8 Å². The number of nitrogens with zero attached hydrogens (tertiary/aromatic N) is 1. The van der Waals surface area contributed by atoms with Gasteiger partial charge in [0.1, 0.15) is 5.49 Å². The van der Waals surface area contributed by atoms with Crippen LogP contribution in [0.2, 0.25) is 0 Å². The summed E-state index contributed by atoms with van der Waals surface area (Å²) in [6.07, 6.45) is 4.84. The van der Waals surface area contributed by atoms with Gasteiger partial charge in [0.05, 0.1) is 0 Å². The van der Waals surface area contributed by atoms with E-state index in [1.54, 1.807) is 0 Å². The quantitative estimate of drug-likeness (QED) is 0.715. The molecule has 2 aromatic rings. The SMILES string of the molecule is Cc1ccc2c3c(n(C)c(=N)c2c1)CCCC3. The van der Waals surface area contributed by atoms with E-state index in [2.05, 4.69) is 29.7 Å². The normalized spacial score (nSPS) is 14.9. The lowest BCUT2D eigenvalue weighted by Crippen LogP contribution is -2.25. The summed E-state index contributed by atoms with van der Waals surface area (Å²) < 4.78 is 2.08. The molecule has 0 fully saturated rings. The van der Waals surface area contributed by atoms with Crippen LogP contribution < -0.4 is 5.49 Å². The molecule has 1 N–H and O–H groups in total. The summed E-state index contributed by atoms with van der Waals surface area (Å²) in [6, 6.07) is 6.51. The van der Waals surface area contributed by atoms with Crippen LogP contribution in [-0.2, 0) is 19.9 Å². The first-order chi connectivity index (χ1) is 8.18. The molecule has 1 aromatic heterocycles. The van der Waals surface area contributed by atoms with Gasteiger partial charge in [0.15, 0.2) is 0 Å². The minimum atomic E-state index is 0.657. The number of nitrogens with one attached hydrogen (secondary N) is 1. The molecule has 0 unspecified atom stereocenters. The Morgan fingerprint density at radius 1 is 1.12 bits per heavy atom. The Morgan fingerprint density at radius 3 is 2.71 bits per heavy atom. The molecule has 0 radical (unpaired) electrons. The zero-order chi connectivity index (χ0) is 12.0. The van der Waals surface area contributed by atoms with Crippen molar-refractivity contribution in [3.63, 3.8) is 0 Å². The van der Waals surface area contributed by atoms with E-state index in [9.17, 15) is 0 Å². The summed E-state index contributed by atoms with van der Waals surface area (Å²) in [7, 11) is 2.04. The van der Waals surface area contributed by atoms with Crippen molar-refractivity contribution in [3.8, 4) is 0 Å². The first-order valence-electron chi connectivity index (χ1n) is 6.34. The smallest absolute Gasteiger partial charge is 0.132 e. The maximum atomic E-state index is 8.29. The van der Waals surface area contributed by atoms with Crippen LogP contribution in [0.5, 0.6) is 0 Å². The van der Waals surface area contributed by atoms with Gasteiger partial charge < -0.3 is 4.57 Å². The lowest BCUT2D eigenvalue weighted by molar-refractivity contribution is 0.624. The third-order valence-electron chi connectivity index (χ3n) is 3.93. The molecule has 1 aliphatic rings. The summed E-state index contributed by atoms with van der Waals surface area (Å²) in [4.78, 5) is 0. The van der Waals surface area contributed by atoms with Crippen LogP contribution in [0.4, 0.5) is 0 Å². The van der Waals surface area contributed by atoms with Gasteiger partial charge in [-0.05, 0) is 49.6 Å². The van der Waals surface area contributed by atoms with Gasteiger partial charge in [0, 0.05) is 18.1 Å². The fourth-order valence-corrected chi connectivity index (χ4v) is 2.98. The number of rotatable bonds is 0. The van der Waals surface area contributed by atoms with Crippen LogP contribution in [0, 0.1) is 12.3 Å². The van der Waals surface area contributed by atoms with Gasteiger partial charge in [-0.1, -0.05) is 17.7 Å². The summed E-state index contributed by atoms with van der Waals surface area (Å²) in [5.74, 6) is 0. The van der Waals surface area contributed by atoms with E-state index in [0.717, 1.165) is 11.8 Å². The largest absolute Gasteiger partial charge is 0.333 e. The summed E-state index contributed by atoms with van der Waals surface area (Å²) >= 11 is 0. The number of hydrogen-bond acceptors (Lipinski definition) is 1. The highest BCUT2D eigenvalue weighted by atomic mass is 15.0. The highest BCUT2D eigenvalue weighted by Crippen LogP contribution is 2.26. The van der Waals surface area contributed by atoms with Gasteiger partial charge in [-0.25, -0.2) is 0 Å². The van der Waals surface area contributed by atoms with E-state index in [1.165, 1.54) is 41.5 Å². The van der Waals surface area contributed by atoms with Crippen LogP contribution in [0.25, 0.3) is 10.8 Å². The van der Waals surface area contributed by atoms with Gasteiger partial charge in [0.2, 0.25) is 0 Å². The van der Waals surface area contributed by atoms with Gasteiger partial charge in [-0.3, -0.25) is 5.41 Å². The van der Waals surface area contributed by atoms with Crippen molar-refractivity contribution in [2.45, 2.75) is 32.6 Å². The molecule has 0 spiro atoms. The van der Waals surface area contributed by atoms with Crippen LogP contribution in [0.1, 0.15) is 29.7 Å². The van der Waals surface area contributed by atoms with E-state index >= 15 is 0 Å². The van der Waals surface area contributed by atoms with Crippen molar-refractivity contribution in [1.82, 2.24) is 4.57 Å². The van der Waals surface area contributed by atoms with Crippen molar-refractivity contribution in [3.05, 3.63) is 40.5 Å². The maximum Gasteiger partial charge on any atom is 0.132 e. The average Bonchev–Trinajstić information content (AvgIpc) is 2.36. The maximum absolute atomic E-state index is 8.29. The molecule has 2 nitrogen and oxygen atoms in total. The number of hydrogen-bond donors (Lipinski definition) is 1. The molecule has 3 rings (SSSR count). The van der Waals surface area contributed by atoms with Crippen molar-refractivity contribution in [2.75, 3.05) is 0 Å². The molecule has 0 aliphatic heterocycles. The fourth-order valence-electron chi connectivity index (χ4n) is 2.98. The first kappa shape index (κ1) is 10.6. The first-order valence-corrected chi connectivity index (χ1v) is 6.34. The van der Waals surface area contributed by atoms with Crippen molar-refractivity contribution >= 4 is 10.8 Å². The minimum Gasteiger partial charge on any atom is -0.333 e. The second-order valence-electron chi connectivity index (χ2n) is 5.09. The molecule has 17 heavy (non-hydrogen) atoms. The zero-order valence-corrected chi connectivity index (χ0v) is 10.5. The monoisotopic (exact) mass is 226 g/mol. The Labute approximate surface area is 101 Å². The number of aromatic nitrogens is 1. The van der Waals surface area contributed by atoms with Gasteiger partial charge in [-0.15, -0.1) is 0 Å². The molecule has 1 heterocycles. The second-order valence-corrected chi connectivity index (χ2v) is 5.09. The predicted molar refractivity (Wildman–Crippen MR) is 70.2 cm³/mol. The average molecular weight is 226 g/mol. The Bertz CT molecular complexity index is 650. The molecule has 0 atom stereocenters. The number of fused-ring (bicyclic) bond motifs is 3. The molecular weight excluding hydrogens is 208 g/mol. The second kappa shape index (κ2) is 3.73. The summed E-state index contributed by atoms with van der Waals surface area (Å²) in [5, 5.41) is 10.7. The Balaban J connectivity index is 2.49. The van der Waals surface area contributed by atoms with E-state index in [-0.39, 0.29) is 0 Å². The summed E-state index contributed by atoms with van der Waals surface area (Å²) in [5.41, 5.74) is 4.74. The Morgan fingerprint density at radius 2 is 1.88 bits per heavy atom. The lowest BCUT2D eigenvalue weighted by Gasteiger charge is -2.22. The van der Waals surface area contributed by atoms with Crippen LogP contribution >= 0.6 is 0 Å². The molecule has 2 heteroatoms. The molecule has 0 saturated heterocycles. The highest BCUT2D eigenvalue weighted by Gasteiger charge is 2.16. The van der Waals surface area contributed by atoms with E-state index < -0.39 is 0 Å². The van der Waals surface area contributed by atoms with Gasteiger partial charge >= 0.3 is 0 Å². The Kier molecular flexibility index (Phi) is 2.32.